The Bertz CT molecular complexity index is 444. The van der Waals surface area contributed by atoms with Crippen LogP contribution in [0.25, 0.3) is 0 Å². The highest BCUT2D eigenvalue weighted by atomic mass is 32.2. The fourth-order valence-corrected chi connectivity index (χ4v) is 4.02. The lowest BCUT2D eigenvalue weighted by Crippen LogP contribution is -2.40. The first-order valence-electron chi connectivity index (χ1n) is 5.07. The van der Waals surface area contributed by atoms with E-state index < -0.39 is 15.6 Å². The highest BCUT2D eigenvalue weighted by Gasteiger charge is 2.23. The average Bonchev–Trinajstić information content (AvgIpc) is 2.49. The van der Waals surface area contributed by atoms with Gasteiger partial charge in [0.1, 0.15) is 4.21 Å². The van der Waals surface area contributed by atoms with E-state index >= 15 is 0 Å². The Morgan fingerprint density at radius 2 is 2.00 bits per heavy atom. The molecule has 16 heavy (non-hydrogen) atoms. The molecule has 0 saturated carbocycles. The van der Waals surface area contributed by atoms with Crippen molar-refractivity contribution in [2.45, 2.75) is 36.9 Å². The van der Waals surface area contributed by atoms with Crippen LogP contribution in [0.5, 0.6) is 0 Å². The molecule has 0 spiro atoms. The molecule has 1 rings (SSSR count). The van der Waals surface area contributed by atoms with Gasteiger partial charge in [0, 0.05) is 10.4 Å². The number of nitrogens with two attached hydrogens (primary N) is 1. The van der Waals surface area contributed by atoms with Crippen LogP contribution >= 0.6 is 11.3 Å². The minimum Gasteiger partial charge on any atom is -0.330 e. The second kappa shape index (κ2) is 4.83. The average molecular weight is 262 g/mol. The molecular formula is C10H18N2O2S2. The van der Waals surface area contributed by atoms with E-state index in [-0.39, 0.29) is 0 Å². The monoisotopic (exact) mass is 262 g/mol. The molecule has 0 atom stereocenters. The number of hydrogen-bond acceptors (Lipinski definition) is 4. The fraction of sp³-hybridized carbons (Fsp3) is 0.600. The Kier molecular flexibility index (Phi) is 4.12. The number of nitrogens with one attached hydrogen (secondary N) is 1. The molecule has 1 aromatic rings. The van der Waals surface area contributed by atoms with E-state index in [1.54, 1.807) is 6.07 Å². The molecule has 0 radical (unpaired) electrons. The van der Waals surface area contributed by atoms with Crippen LogP contribution < -0.4 is 10.5 Å². The summed E-state index contributed by atoms with van der Waals surface area (Å²) in [4.78, 5) is 0.997. The number of hydrogen-bond donors (Lipinski definition) is 2. The van der Waals surface area contributed by atoms with Crippen molar-refractivity contribution in [1.29, 1.82) is 0 Å². The van der Waals surface area contributed by atoms with Gasteiger partial charge in [-0.2, -0.15) is 0 Å². The Hall–Kier alpha value is -0.430. The molecule has 1 aromatic heterocycles. The largest absolute Gasteiger partial charge is 0.330 e. The van der Waals surface area contributed by atoms with Crippen molar-refractivity contribution in [2.75, 3.05) is 6.54 Å². The van der Waals surface area contributed by atoms with Crippen LogP contribution in [0, 0.1) is 0 Å². The summed E-state index contributed by atoms with van der Waals surface area (Å²) in [5.74, 6) is 0. The van der Waals surface area contributed by atoms with Crippen LogP contribution in [0.15, 0.2) is 16.3 Å². The third kappa shape index (κ3) is 3.86. The number of sulfonamides is 1. The van der Waals surface area contributed by atoms with Gasteiger partial charge in [0.25, 0.3) is 10.0 Å². The molecule has 0 amide bonds. The molecule has 0 saturated heterocycles. The highest BCUT2D eigenvalue weighted by Crippen LogP contribution is 2.22. The minimum atomic E-state index is -3.39. The topological polar surface area (TPSA) is 72.2 Å². The molecule has 92 valence electrons. The number of thiophene rings is 1. The Labute approximate surface area is 101 Å². The molecule has 0 aliphatic carbocycles. The zero-order valence-corrected chi connectivity index (χ0v) is 11.4. The van der Waals surface area contributed by atoms with E-state index in [0.29, 0.717) is 10.8 Å². The lowest BCUT2D eigenvalue weighted by Gasteiger charge is -2.19. The van der Waals surface area contributed by atoms with Crippen molar-refractivity contribution in [3.05, 3.63) is 17.0 Å². The SMILES string of the molecule is CC(C)(C)NS(=O)(=O)c1ccc(CCN)s1. The van der Waals surface area contributed by atoms with Crippen LogP contribution in [-0.4, -0.2) is 20.5 Å². The van der Waals surface area contributed by atoms with Crippen molar-refractivity contribution >= 4 is 21.4 Å². The third-order valence-electron chi connectivity index (χ3n) is 1.73. The predicted octanol–water partition coefficient (Wildman–Crippen LogP) is 1.33. The van der Waals surface area contributed by atoms with Gasteiger partial charge in [-0.3, -0.25) is 0 Å². The van der Waals surface area contributed by atoms with Gasteiger partial charge in [-0.25, -0.2) is 13.1 Å². The number of rotatable bonds is 4. The van der Waals surface area contributed by atoms with Crippen molar-refractivity contribution in [3.63, 3.8) is 0 Å². The van der Waals surface area contributed by atoms with E-state index in [2.05, 4.69) is 4.72 Å². The normalized spacial score (nSPS) is 13.0. The van der Waals surface area contributed by atoms with Crippen LogP contribution in [0.1, 0.15) is 25.6 Å². The van der Waals surface area contributed by atoms with Crippen LogP contribution in [0.4, 0.5) is 0 Å². The molecule has 4 nitrogen and oxygen atoms in total. The maximum atomic E-state index is 11.9. The quantitative estimate of drug-likeness (QED) is 0.859. The molecule has 0 aromatic carbocycles. The van der Waals surface area contributed by atoms with E-state index in [1.807, 2.05) is 26.8 Å². The summed E-state index contributed by atoms with van der Waals surface area (Å²) in [6.07, 6.45) is 0.718. The Morgan fingerprint density at radius 1 is 1.38 bits per heavy atom. The summed E-state index contributed by atoms with van der Waals surface area (Å²) in [6, 6.07) is 3.44. The van der Waals surface area contributed by atoms with Gasteiger partial charge in [0.2, 0.25) is 0 Å². The van der Waals surface area contributed by atoms with E-state index in [0.717, 1.165) is 11.3 Å². The summed E-state index contributed by atoms with van der Waals surface area (Å²) >= 11 is 1.27. The van der Waals surface area contributed by atoms with Gasteiger partial charge in [-0.05, 0) is 45.9 Å². The fourth-order valence-electron chi connectivity index (χ4n) is 1.23. The van der Waals surface area contributed by atoms with Gasteiger partial charge in [0.05, 0.1) is 0 Å². The first-order chi connectivity index (χ1) is 7.24. The van der Waals surface area contributed by atoms with Crippen molar-refractivity contribution < 1.29 is 8.42 Å². The highest BCUT2D eigenvalue weighted by molar-refractivity contribution is 7.91. The summed E-state index contributed by atoms with van der Waals surface area (Å²) in [5.41, 5.74) is 4.96. The molecule has 3 N–H and O–H groups in total. The summed E-state index contributed by atoms with van der Waals surface area (Å²) in [5, 5.41) is 0. The second-order valence-electron chi connectivity index (χ2n) is 4.61. The summed E-state index contributed by atoms with van der Waals surface area (Å²) < 4.78 is 26.8. The second-order valence-corrected chi connectivity index (χ2v) is 7.69. The van der Waals surface area contributed by atoms with Gasteiger partial charge in [-0.1, -0.05) is 0 Å². The van der Waals surface area contributed by atoms with Crippen molar-refractivity contribution in [2.24, 2.45) is 5.73 Å². The van der Waals surface area contributed by atoms with Gasteiger partial charge in [-0.15, -0.1) is 11.3 Å². The van der Waals surface area contributed by atoms with Crippen LogP contribution in [0.3, 0.4) is 0 Å². The molecule has 0 aliphatic rings. The molecule has 0 fully saturated rings. The van der Waals surface area contributed by atoms with Gasteiger partial charge < -0.3 is 5.73 Å². The van der Waals surface area contributed by atoms with E-state index in [9.17, 15) is 8.42 Å². The Morgan fingerprint density at radius 3 is 2.50 bits per heavy atom. The van der Waals surface area contributed by atoms with Gasteiger partial charge >= 0.3 is 0 Å². The zero-order valence-electron chi connectivity index (χ0n) is 9.78. The molecule has 0 aliphatic heterocycles. The molecule has 0 bridgehead atoms. The first-order valence-corrected chi connectivity index (χ1v) is 7.37. The van der Waals surface area contributed by atoms with E-state index in [4.69, 9.17) is 5.73 Å². The third-order valence-corrected chi connectivity index (χ3v) is 5.13. The maximum absolute atomic E-state index is 11.9. The van der Waals surface area contributed by atoms with Crippen LogP contribution in [-0.2, 0) is 16.4 Å². The predicted molar refractivity (Wildman–Crippen MR) is 67.2 cm³/mol. The smallest absolute Gasteiger partial charge is 0.250 e. The summed E-state index contributed by atoms with van der Waals surface area (Å²) in [6.45, 7) is 5.99. The standard InChI is InChI=1S/C10H18N2O2S2/c1-10(2,3)12-16(13,14)9-5-4-8(15-9)6-7-11/h4-5,12H,6-7,11H2,1-3H3. The zero-order chi connectivity index (χ0) is 12.4. The lowest BCUT2D eigenvalue weighted by atomic mass is 10.1. The first kappa shape index (κ1) is 13.6. The Balaban J connectivity index is 2.90. The molecular weight excluding hydrogens is 244 g/mol. The molecule has 1 heterocycles. The van der Waals surface area contributed by atoms with Crippen molar-refractivity contribution in [3.8, 4) is 0 Å². The van der Waals surface area contributed by atoms with E-state index in [1.165, 1.54) is 11.3 Å². The van der Waals surface area contributed by atoms with Crippen LogP contribution in [0.2, 0.25) is 0 Å². The minimum absolute atomic E-state index is 0.353. The summed E-state index contributed by atoms with van der Waals surface area (Å²) in [7, 11) is -3.39. The van der Waals surface area contributed by atoms with Crippen molar-refractivity contribution in [1.82, 2.24) is 4.72 Å². The lowest BCUT2D eigenvalue weighted by molar-refractivity contribution is 0.492. The maximum Gasteiger partial charge on any atom is 0.250 e. The molecule has 0 unspecified atom stereocenters. The van der Waals surface area contributed by atoms with Gasteiger partial charge in [0.15, 0.2) is 0 Å². The molecule has 6 heteroatoms.